The molecule has 1 N–H and O–H groups in total. The first-order chi connectivity index (χ1) is 9.38. The maximum atomic E-state index is 3.70. The highest BCUT2D eigenvalue weighted by molar-refractivity contribution is 5.52. The van der Waals surface area contributed by atoms with Gasteiger partial charge >= 0.3 is 0 Å². The standard InChI is InChI=1S/C19H29N/c1-8-10-11-12-13-16-14(3)15(9-2)18(20-7)17(16)19(4,5)6/h8-13,17-18,20H,1H2,2-7H3/b11-10+,13-12-,15-9+. The number of likely N-dealkylation sites (N-methyl/N-ethyl adjacent to an activating group) is 1. The van der Waals surface area contributed by atoms with Crippen LogP contribution in [0.25, 0.3) is 0 Å². The quantitative estimate of drug-likeness (QED) is 0.723. The molecule has 0 amide bonds. The highest BCUT2D eigenvalue weighted by atomic mass is 14.9. The summed E-state index contributed by atoms with van der Waals surface area (Å²) in [6.45, 7) is 15.0. The molecular weight excluding hydrogens is 242 g/mol. The molecule has 0 fully saturated rings. The predicted molar refractivity (Wildman–Crippen MR) is 90.7 cm³/mol. The number of nitrogens with one attached hydrogen (secondary N) is 1. The Kier molecular flexibility index (Phi) is 5.76. The number of allylic oxidation sites excluding steroid dienone is 6. The lowest BCUT2D eigenvalue weighted by molar-refractivity contribution is 0.252. The van der Waals surface area contributed by atoms with E-state index in [1.165, 1.54) is 16.7 Å². The predicted octanol–water partition coefficient (Wildman–Crippen LogP) is 4.81. The highest BCUT2D eigenvalue weighted by Crippen LogP contribution is 2.46. The zero-order valence-corrected chi connectivity index (χ0v) is 13.8. The molecule has 0 aromatic heterocycles. The molecule has 0 aromatic rings. The minimum atomic E-state index is 0.224. The summed E-state index contributed by atoms with van der Waals surface area (Å²) in [5.41, 5.74) is 4.51. The second-order valence-electron chi connectivity index (χ2n) is 6.41. The third-order valence-corrected chi connectivity index (χ3v) is 4.06. The van der Waals surface area contributed by atoms with Crippen LogP contribution in [0.15, 0.2) is 59.8 Å². The Morgan fingerprint density at radius 2 is 1.80 bits per heavy atom. The van der Waals surface area contributed by atoms with Crippen LogP contribution in [0.1, 0.15) is 34.6 Å². The van der Waals surface area contributed by atoms with Gasteiger partial charge in [0.05, 0.1) is 0 Å². The fourth-order valence-corrected chi connectivity index (χ4v) is 3.21. The van der Waals surface area contributed by atoms with Crippen LogP contribution in [0.4, 0.5) is 0 Å². The van der Waals surface area contributed by atoms with Crippen LogP contribution in [0.2, 0.25) is 0 Å². The van der Waals surface area contributed by atoms with Crippen molar-refractivity contribution in [3.63, 3.8) is 0 Å². The second-order valence-corrected chi connectivity index (χ2v) is 6.41. The van der Waals surface area contributed by atoms with Gasteiger partial charge in [0.1, 0.15) is 0 Å². The van der Waals surface area contributed by atoms with E-state index in [1.54, 1.807) is 6.08 Å². The van der Waals surface area contributed by atoms with Gasteiger partial charge < -0.3 is 5.32 Å². The molecule has 0 saturated carbocycles. The molecule has 0 aliphatic heterocycles. The van der Waals surface area contributed by atoms with E-state index in [4.69, 9.17) is 0 Å². The van der Waals surface area contributed by atoms with E-state index in [1.807, 2.05) is 12.2 Å². The summed E-state index contributed by atoms with van der Waals surface area (Å²) in [6.07, 6.45) is 12.4. The smallest absolute Gasteiger partial charge is 0.0391 e. The van der Waals surface area contributed by atoms with Gasteiger partial charge in [0, 0.05) is 12.0 Å². The molecular formula is C19H29N. The van der Waals surface area contributed by atoms with Crippen molar-refractivity contribution >= 4 is 0 Å². The van der Waals surface area contributed by atoms with Gasteiger partial charge in [0.25, 0.3) is 0 Å². The van der Waals surface area contributed by atoms with Gasteiger partial charge in [-0.15, -0.1) is 0 Å². The second kappa shape index (κ2) is 6.90. The van der Waals surface area contributed by atoms with Crippen molar-refractivity contribution in [2.75, 3.05) is 7.05 Å². The molecule has 0 aromatic carbocycles. The van der Waals surface area contributed by atoms with Gasteiger partial charge in [0.15, 0.2) is 0 Å². The average molecular weight is 271 g/mol. The normalized spacial score (nSPS) is 26.4. The van der Waals surface area contributed by atoms with Crippen molar-refractivity contribution in [3.8, 4) is 0 Å². The molecule has 2 unspecified atom stereocenters. The molecule has 0 spiro atoms. The number of rotatable bonds is 4. The fourth-order valence-electron chi connectivity index (χ4n) is 3.21. The van der Waals surface area contributed by atoms with Crippen molar-refractivity contribution in [2.24, 2.45) is 11.3 Å². The minimum Gasteiger partial charge on any atom is -0.312 e. The first-order valence-electron chi connectivity index (χ1n) is 7.38. The molecule has 1 aliphatic rings. The molecule has 1 rings (SSSR count). The Bertz CT molecular complexity index is 466. The Hall–Kier alpha value is -1.34. The molecule has 20 heavy (non-hydrogen) atoms. The largest absolute Gasteiger partial charge is 0.312 e. The maximum Gasteiger partial charge on any atom is 0.0391 e. The summed E-state index contributed by atoms with van der Waals surface area (Å²) < 4.78 is 0. The van der Waals surface area contributed by atoms with E-state index in [-0.39, 0.29) is 5.41 Å². The highest BCUT2D eigenvalue weighted by Gasteiger charge is 2.41. The van der Waals surface area contributed by atoms with Crippen LogP contribution < -0.4 is 5.32 Å². The van der Waals surface area contributed by atoms with Crippen LogP contribution >= 0.6 is 0 Å². The summed E-state index contributed by atoms with van der Waals surface area (Å²) in [5.74, 6) is 0.493. The van der Waals surface area contributed by atoms with Crippen molar-refractivity contribution in [3.05, 3.63) is 59.8 Å². The van der Waals surface area contributed by atoms with E-state index in [0.717, 1.165) is 0 Å². The van der Waals surface area contributed by atoms with Crippen LogP contribution in [-0.4, -0.2) is 13.1 Å². The van der Waals surface area contributed by atoms with Gasteiger partial charge in [-0.05, 0) is 43.0 Å². The fraction of sp³-hybridized carbons (Fsp3) is 0.474. The molecule has 1 heteroatoms. The summed E-state index contributed by atoms with van der Waals surface area (Å²) >= 11 is 0. The number of hydrogen-bond acceptors (Lipinski definition) is 1. The maximum absolute atomic E-state index is 3.70. The van der Waals surface area contributed by atoms with Gasteiger partial charge in [-0.1, -0.05) is 63.8 Å². The molecule has 0 radical (unpaired) electrons. The van der Waals surface area contributed by atoms with Crippen molar-refractivity contribution < 1.29 is 0 Å². The summed E-state index contributed by atoms with van der Waals surface area (Å²) in [6, 6.07) is 0.406. The van der Waals surface area contributed by atoms with Crippen molar-refractivity contribution in [1.82, 2.24) is 5.32 Å². The summed E-state index contributed by atoms with van der Waals surface area (Å²) in [7, 11) is 2.06. The molecule has 1 nitrogen and oxygen atoms in total. The zero-order chi connectivity index (χ0) is 15.3. The Morgan fingerprint density at radius 3 is 2.25 bits per heavy atom. The Labute approximate surface area is 124 Å². The number of hydrogen-bond donors (Lipinski definition) is 1. The van der Waals surface area contributed by atoms with E-state index in [0.29, 0.717) is 12.0 Å². The average Bonchev–Trinajstić information content (AvgIpc) is 2.66. The molecule has 0 heterocycles. The van der Waals surface area contributed by atoms with Crippen LogP contribution in [0.5, 0.6) is 0 Å². The minimum absolute atomic E-state index is 0.224. The Balaban J connectivity index is 3.26. The Morgan fingerprint density at radius 1 is 1.15 bits per heavy atom. The first-order valence-corrected chi connectivity index (χ1v) is 7.38. The van der Waals surface area contributed by atoms with Crippen LogP contribution in [-0.2, 0) is 0 Å². The lowest BCUT2D eigenvalue weighted by atomic mass is 9.74. The van der Waals surface area contributed by atoms with Crippen molar-refractivity contribution in [1.29, 1.82) is 0 Å². The lowest BCUT2D eigenvalue weighted by Gasteiger charge is -2.34. The zero-order valence-electron chi connectivity index (χ0n) is 13.8. The molecule has 0 saturated heterocycles. The van der Waals surface area contributed by atoms with Gasteiger partial charge in [-0.25, -0.2) is 0 Å². The van der Waals surface area contributed by atoms with E-state index >= 15 is 0 Å². The molecule has 0 bridgehead atoms. The third-order valence-electron chi connectivity index (χ3n) is 4.06. The topological polar surface area (TPSA) is 12.0 Å². The van der Waals surface area contributed by atoms with Crippen LogP contribution in [0.3, 0.4) is 0 Å². The van der Waals surface area contributed by atoms with Crippen LogP contribution in [0, 0.1) is 11.3 Å². The monoisotopic (exact) mass is 271 g/mol. The molecule has 2 atom stereocenters. The molecule has 1 aliphatic carbocycles. The van der Waals surface area contributed by atoms with Gasteiger partial charge in [0.2, 0.25) is 0 Å². The van der Waals surface area contributed by atoms with Crippen molar-refractivity contribution in [2.45, 2.75) is 40.7 Å². The summed E-state index contributed by atoms with van der Waals surface area (Å²) in [4.78, 5) is 0. The lowest BCUT2D eigenvalue weighted by Crippen LogP contribution is -2.39. The van der Waals surface area contributed by atoms with E-state index < -0.39 is 0 Å². The molecule has 110 valence electrons. The summed E-state index contributed by atoms with van der Waals surface area (Å²) in [5, 5.41) is 3.51. The van der Waals surface area contributed by atoms with E-state index in [9.17, 15) is 0 Å². The first kappa shape index (κ1) is 16.7. The van der Waals surface area contributed by atoms with Gasteiger partial charge in [-0.3, -0.25) is 0 Å². The third kappa shape index (κ3) is 3.40. The SMILES string of the molecule is C=C/C=C/C=C\C1=C(C)C(=C\C)/C(NC)C1C(C)(C)C. The van der Waals surface area contributed by atoms with Gasteiger partial charge in [-0.2, -0.15) is 0 Å². The van der Waals surface area contributed by atoms with E-state index in [2.05, 4.69) is 71.8 Å².